The molecule has 4 N–H and O–H groups in total. The average Bonchev–Trinajstić information content (AvgIpc) is 2.83. The summed E-state index contributed by atoms with van der Waals surface area (Å²) in [6.07, 6.45) is 3.05. The van der Waals surface area contributed by atoms with Crippen molar-refractivity contribution < 1.29 is 9.69 Å². The van der Waals surface area contributed by atoms with Crippen LogP contribution in [0, 0.1) is 0 Å². The summed E-state index contributed by atoms with van der Waals surface area (Å²) in [7, 11) is 1.52. The summed E-state index contributed by atoms with van der Waals surface area (Å²) in [6, 6.07) is 19.5. The van der Waals surface area contributed by atoms with Gasteiger partial charge in [0.15, 0.2) is 12.2 Å². The fourth-order valence-corrected chi connectivity index (χ4v) is 4.14. The molecular weight excluding hydrogens is 418 g/mol. The summed E-state index contributed by atoms with van der Waals surface area (Å²) >= 11 is 0. The van der Waals surface area contributed by atoms with Gasteiger partial charge in [-0.2, -0.15) is 0 Å². The van der Waals surface area contributed by atoms with E-state index >= 15 is 0 Å². The number of carbonyl (C=O) groups excluding carboxylic acids is 1. The van der Waals surface area contributed by atoms with Gasteiger partial charge in [-0.05, 0) is 22.8 Å². The molecule has 1 aromatic heterocycles. The van der Waals surface area contributed by atoms with Crippen molar-refractivity contribution in [3.63, 3.8) is 0 Å². The monoisotopic (exact) mass is 446 g/mol. The molecule has 0 fully saturated rings. The van der Waals surface area contributed by atoms with Crippen molar-refractivity contribution in [2.45, 2.75) is 13.0 Å². The Morgan fingerprint density at radius 3 is 2.39 bits per heavy atom. The van der Waals surface area contributed by atoms with Crippen molar-refractivity contribution in [1.29, 1.82) is 0 Å². The third-order valence-corrected chi connectivity index (χ3v) is 6.04. The number of anilines is 2. The number of hydrogen-bond donors (Lipinski definition) is 3. The van der Waals surface area contributed by atoms with Crippen molar-refractivity contribution in [3.8, 4) is 0 Å². The van der Waals surface area contributed by atoms with Crippen LogP contribution in [0.5, 0.6) is 0 Å². The van der Waals surface area contributed by atoms with E-state index < -0.39 is 11.2 Å². The summed E-state index contributed by atoms with van der Waals surface area (Å²) in [4.78, 5) is 42.6. The van der Waals surface area contributed by atoms with E-state index in [-0.39, 0.29) is 30.5 Å². The number of H-pyrrole nitrogens is 1. The molecule has 0 bridgehead atoms. The van der Waals surface area contributed by atoms with E-state index in [0.29, 0.717) is 0 Å². The molecule has 33 heavy (non-hydrogen) atoms. The number of rotatable bonds is 6. The third kappa shape index (κ3) is 4.96. The Balaban J connectivity index is 1.50. The number of aromatic amines is 1. The van der Waals surface area contributed by atoms with Crippen LogP contribution in [0.4, 0.5) is 11.5 Å². The maximum Gasteiger partial charge on any atom is 0.330 e. The second kappa shape index (κ2) is 9.70. The van der Waals surface area contributed by atoms with Gasteiger partial charge in [-0.25, -0.2) is 4.79 Å². The zero-order valence-electron chi connectivity index (χ0n) is 18.6. The van der Waals surface area contributed by atoms with Crippen molar-refractivity contribution in [3.05, 3.63) is 98.7 Å². The minimum absolute atomic E-state index is 0.00698. The molecule has 1 aliphatic rings. The van der Waals surface area contributed by atoms with E-state index in [1.807, 2.05) is 48.5 Å². The maximum absolute atomic E-state index is 13.0. The molecule has 0 aliphatic carbocycles. The molecule has 1 unspecified atom stereocenters. The predicted molar refractivity (Wildman–Crippen MR) is 129 cm³/mol. The van der Waals surface area contributed by atoms with E-state index in [1.54, 1.807) is 0 Å². The second-order valence-corrected chi connectivity index (χ2v) is 8.24. The third-order valence-electron chi connectivity index (χ3n) is 6.04. The normalized spacial score (nSPS) is 15.7. The van der Waals surface area contributed by atoms with Crippen molar-refractivity contribution in [2.75, 3.05) is 37.3 Å². The molecule has 4 rings (SSSR count). The summed E-state index contributed by atoms with van der Waals surface area (Å²) < 4.78 is 1.28. The highest BCUT2D eigenvalue weighted by Gasteiger charge is 2.25. The molecule has 1 amide bonds. The number of hydrogen-bond acceptors (Lipinski definition) is 4. The van der Waals surface area contributed by atoms with Crippen LogP contribution in [0.25, 0.3) is 5.57 Å². The Morgan fingerprint density at radius 1 is 1.09 bits per heavy atom. The van der Waals surface area contributed by atoms with Gasteiger partial charge < -0.3 is 15.5 Å². The standard InChI is InChI=1S/C25H27N5O3/c1-28(21(31)17-29-14-12-20(13-15-29)19-10-6-3-7-11-19)22-23(26)30(25(33)27-24(22)32)16-18-8-4-2-5-9-18/h2-12H,13-17,26H2,1H3,(H,27,32,33)/p+1. The van der Waals surface area contributed by atoms with Crippen LogP contribution < -0.4 is 26.8 Å². The molecule has 1 atom stereocenters. The van der Waals surface area contributed by atoms with Crippen LogP contribution in [0.1, 0.15) is 17.5 Å². The summed E-state index contributed by atoms with van der Waals surface area (Å²) in [5, 5.41) is 0. The first-order chi connectivity index (χ1) is 15.9. The van der Waals surface area contributed by atoms with Gasteiger partial charge in [-0.3, -0.25) is 19.1 Å². The molecule has 0 spiro atoms. The van der Waals surface area contributed by atoms with E-state index in [4.69, 9.17) is 5.73 Å². The van der Waals surface area contributed by atoms with Gasteiger partial charge in [0, 0.05) is 13.5 Å². The highest BCUT2D eigenvalue weighted by molar-refractivity contribution is 5.95. The highest BCUT2D eigenvalue weighted by atomic mass is 16.2. The highest BCUT2D eigenvalue weighted by Crippen LogP contribution is 2.18. The molecule has 3 aromatic rings. The first kappa shape index (κ1) is 22.3. The lowest BCUT2D eigenvalue weighted by atomic mass is 9.99. The Hall–Kier alpha value is -3.91. The number of aromatic nitrogens is 2. The summed E-state index contributed by atoms with van der Waals surface area (Å²) in [5.74, 6) is -0.257. The van der Waals surface area contributed by atoms with Gasteiger partial charge in [-0.15, -0.1) is 0 Å². The van der Waals surface area contributed by atoms with Crippen LogP contribution >= 0.6 is 0 Å². The van der Waals surface area contributed by atoms with Gasteiger partial charge >= 0.3 is 5.69 Å². The number of amides is 1. The van der Waals surface area contributed by atoms with Crippen molar-refractivity contribution >= 4 is 23.0 Å². The molecule has 1 aliphatic heterocycles. The average molecular weight is 447 g/mol. The number of carbonyl (C=O) groups is 1. The Labute approximate surface area is 191 Å². The van der Waals surface area contributed by atoms with E-state index in [1.165, 1.54) is 27.7 Å². The lowest BCUT2D eigenvalue weighted by Crippen LogP contribution is -3.13. The number of benzene rings is 2. The fourth-order valence-electron chi connectivity index (χ4n) is 4.14. The van der Waals surface area contributed by atoms with E-state index in [2.05, 4.69) is 23.2 Å². The smallest absolute Gasteiger partial charge is 0.330 e. The molecule has 8 heteroatoms. The molecule has 170 valence electrons. The number of quaternary nitrogens is 1. The van der Waals surface area contributed by atoms with Gasteiger partial charge in [0.1, 0.15) is 5.82 Å². The number of nitrogens with two attached hydrogens (primary N) is 1. The molecule has 0 radical (unpaired) electrons. The molecule has 0 saturated heterocycles. The quantitative estimate of drug-likeness (QED) is 0.513. The van der Waals surface area contributed by atoms with Crippen molar-refractivity contribution in [2.24, 2.45) is 0 Å². The largest absolute Gasteiger partial charge is 0.383 e. The lowest BCUT2D eigenvalue weighted by molar-refractivity contribution is -0.886. The first-order valence-electron chi connectivity index (χ1n) is 10.9. The summed E-state index contributed by atoms with van der Waals surface area (Å²) in [6.45, 7) is 1.97. The molecule has 8 nitrogen and oxygen atoms in total. The molecule has 2 heterocycles. The van der Waals surface area contributed by atoms with Crippen molar-refractivity contribution in [1.82, 2.24) is 9.55 Å². The topological polar surface area (TPSA) is 106 Å². The Kier molecular flexibility index (Phi) is 6.55. The van der Waals surface area contributed by atoms with Crippen LogP contribution in [0.15, 0.2) is 76.3 Å². The van der Waals surface area contributed by atoms with Crippen LogP contribution in [-0.2, 0) is 11.3 Å². The number of nitrogens with one attached hydrogen (secondary N) is 2. The first-order valence-corrected chi connectivity index (χ1v) is 10.9. The minimum Gasteiger partial charge on any atom is -0.383 e. The SMILES string of the molecule is CN(C(=O)C[NH+]1CC=C(c2ccccc2)CC1)c1c(N)n(Cc2ccccc2)c(=O)[nH]c1=O. The molecular formula is C25H28N5O3+. The molecule has 0 saturated carbocycles. The zero-order valence-corrected chi connectivity index (χ0v) is 18.6. The molecule has 2 aromatic carbocycles. The van der Waals surface area contributed by atoms with Crippen LogP contribution in [0.2, 0.25) is 0 Å². The minimum atomic E-state index is -0.669. The lowest BCUT2D eigenvalue weighted by Gasteiger charge is -2.26. The Morgan fingerprint density at radius 2 is 1.76 bits per heavy atom. The van der Waals surface area contributed by atoms with Gasteiger partial charge in [0.05, 0.1) is 19.6 Å². The van der Waals surface area contributed by atoms with Crippen LogP contribution in [-0.4, -0.2) is 42.1 Å². The zero-order chi connectivity index (χ0) is 23.4. The van der Waals surface area contributed by atoms with Gasteiger partial charge in [-0.1, -0.05) is 60.7 Å². The second-order valence-electron chi connectivity index (χ2n) is 8.24. The fraction of sp³-hybridized carbons (Fsp3) is 0.240. The van der Waals surface area contributed by atoms with Gasteiger partial charge in [0.2, 0.25) is 0 Å². The number of likely N-dealkylation sites (N-methyl/N-ethyl adjacent to an activating group) is 1. The summed E-state index contributed by atoms with van der Waals surface area (Å²) in [5.41, 5.74) is 8.29. The van der Waals surface area contributed by atoms with Gasteiger partial charge in [0.25, 0.3) is 11.5 Å². The predicted octanol–water partition coefficient (Wildman–Crippen LogP) is 0.502. The van der Waals surface area contributed by atoms with Crippen LogP contribution in [0.3, 0.4) is 0 Å². The Bertz CT molecular complexity index is 1280. The number of nitrogens with zero attached hydrogens (tertiary/aromatic N) is 2. The van der Waals surface area contributed by atoms with E-state index in [0.717, 1.165) is 30.0 Å². The van der Waals surface area contributed by atoms with E-state index in [9.17, 15) is 14.4 Å². The number of nitrogen functional groups attached to an aromatic ring is 1. The maximum atomic E-state index is 13.0.